The van der Waals surface area contributed by atoms with Crippen LogP contribution in [0.1, 0.15) is 110 Å². The molecule has 0 amide bonds. The van der Waals surface area contributed by atoms with Gasteiger partial charge in [-0.2, -0.15) is 0 Å². The minimum Gasteiger partial charge on any atom is -0.481 e. The highest BCUT2D eigenvalue weighted by Gasteiger charge is 2.12. The lowest BCUT2D eigenvalue weighted by Gasteiger charge is -2.07. The van der Waals surface area contributed by atoms with Crippen LogP contribution in [0.15, 0.2) is 12.2 Å². The number of carboxylic acids is 2. The van der Waals surface area contributed by atoms with Crippen molar-refractivity contribution in [3.05, 3.63) is 12.2 Å². The molecule has 0 aromatic heterocycles. The van der Waals surface area contributed by atoms with Crippen LogP contribution in [0.25, 0.3) is 0 Å². The molecular weight excluding hydrogens is 328 g/mol. The van der Waals surface area contributed by atoms with Gasteiger partial charge in [-0.1, -0.05) is 89.7 Å². The molecule has 4 nitrogen and oxygen atoms in total. The van der Waals surface area contributed by atoms with E-state index in [1.807, 2.05) is 12.2 Å². The molecule has 2 N–H and O–H groups in total. The Balaban J connectivity index is 3.64. The second-order valence-corrected chi connectivity index (χ2v) is 7.34. The molecule has 0 spiro atoms. The first-order valence-corrected chi connectivity index (χ1v) is 10.7. The molecule has 152 valence electrons. The largest absolute Gasteiger partial charge is 0.481 e. The molecule has 0 aromatic rings. The van der Waals surface area contributed by atoms with Gasteiger partial charge in [0.25, 0.3) is 0 Å². The van der Waals surface area contributed by atoms with E-state index >= 15 is 0 Å². The summed E-state index contributed by atoms with van der Waals surface area (Å²) in [5, 5.41) is 17.9. The van der Waals surface area contributed by atoms with Crippen LogP contribution >= 0.6 is 0 Å². The Bertz CT molecular complexity index is 376. The normalized spacial score (nSPS) is 12.5. The predicted molar refractivity (Wildman–Crippen MR) is 107 cm³/mol. The van der Waals surface area contributed by atoms with E-state index in [1.54, 1.807) is 0 Å². The summed E-state index contributed by atoms with van der Waals surface area (Å²) in [6, 6.07) is 0. The molecule has 0 bridgehead atoms. The van der Waals surface area contributed by atoms with Gasteiger partial charge in [-0.25, -0.2) is 0 Å². The van der Waals surface area contributed by atoms with Gasteiger partial charge in [0, 0.05) is 6.42 Å². The van der Waals surface area contributed by atoms with E-state index in [-0.39, 0.29) is 12.3 Å². The minimum atomic E-state index is -0.738. The second kappa shape index (κ2) is 18.5. The molecule has 0 saturated carbocycles. The van der Waals surface area contributed by atoms with E-state index in [1.165, 1.54) is 44.9 Å². The van der Waals surface area contributed by atoms with Crippen LogP contribution in [-0.2, 0) is 9.59 Å². The molecular formula is C22H40O4. The summed E-state index contributed by atoms with van der Waals surface area (Å²) < 4.78 is 0. The van der Waals surface area contributed by atoms with Crippen molar-refractivity contribution >= 4 is 11.9 Å². The van der Waals surface area contributed by atoms with Gasteiger partial charge in [0.05, 0.1) is 5.92 Å². The summed E-state index contributed by atoms with van der Waals surface area (Å²) in [6.45, 7) is 2.24. The lowest BCUT2D eigenvalue weighted by Crippen LogP contribution is -2.10. The van der Waals surface area contributed by atoms with Crippen molar-refractivity contribution in [2.75, 3.05) is 0 Å². The monoisotopic (exact) mass is 368 g/mol. The number of unbranched alkanes of at least 4 members (excludes halogenated alkanes) is 12. The third kappa shape index (κ3) is 17.5. The molecule has 0 rings (SSSR count). The number of aliphatic carboxylic acids is 2. The Kier molecular flexibility index (Phi) is 17.5. The predicted octanol–water partition coefficient (Wildman–Crippen LogP) is 6.59. The van der Waals surface area contributed by atoms with Gasteiger partial charge in [-0.05, 0) is 25.7 Å². The minimum absolute atomic E-state index is 0.235. The fourth-order valence-electron chi connectivity index (χ4n) is 3.13. The van der Waals surface area contributed by atoms with Gasteiger partial charge in [-0.3, -0.25) is 9.59 Å². The molecule has 26 heavy (non-hydrogen) atoms. The Morgan fingerprint density at radius 2 is 1.31 bits per heavy atom. The molecule has 0 heterocycles. The zero-order chi connectivity index (χ0) is 19.5. The molecule has 4 heteroatoms. The number of carboxylic acid groups (broad SMARTS) is 2. The SMILES string of the molecule is CCCCCCCCCCC=CC(CCCCCCCC(=O)O)C(=O)O. The topological polar surface area (TPSA) is 74.6 Å². The lowest BCUT2D eigenvalue weighted by molar-refractivity contribution is -0.140. The van der Waals surface area contributed by atoms with Crippen molar-refractivity contribution in [3.63, 3.8) is 0 Å². The van der Waals surface area contributed by atoms with Crippen molar-refractivity contribution in [3.8, 4) is 0 Å². The van der Waals surface area contributed by atoms with Crippen LogP contribution in [0.4, 0.5) is 0 Å². The maximum absolute atomic E-state index is 11.3. The fourth-order valence-corrected chi connectivity index (χ4v) is 3.13. The number of carbonyl (C=O) groups is 2. The van der Waals surface area contributed by atoms with E-state index in [0.717, 1.165) is 44.9 Å². The van der Waals surface area contributed by atoms with Crippen LogP contribution in [-0.4, -0.2) is 22.2 Å². The highest BCUT2D eigenvalue weighted by Crippen LogP contribution is 2.15. The number of hydrogen-bond acceptors (Lipinski definition) is 2. The fraction of sp³-hybridized carbons (Fsp3) is 0.818. The van der Waals surface area contributed by atoms with Gasteiger partial charge < -0.3 is 10.2 Å². The van der Waals surface area contributed by atoms with E-state index < -0.39 is 11.9 Å². The quantitative estimate of drug-likeness (QED) is 0.199. The molecule has 0 radical (unpaired) electrons. The average Bonchev–Trinajstić information content (AvgIpc) is 2.60. The van der Waals surface area contributed by atoms with Crippen molar-refractivity contribution in [1.82, 2.24) is 0 Å². The summed E-state index contributed by atoms with van der Waals surface area (Å²) in [5.74, 6) is -1.84. The average molecular weight is 369 g/mol. The summed E-state index contributed by atoms with van der Waals surface area (Å²) in [7, 11) is 0. The Hall–Kier alpha value is -1.32. The number of hydrogen-bond donors (Lipinski definition) is 2. The van der Waals surface area contributed by atoms with Crippen LogP contribution in [0.2, 0.25) is 0 Å². The highest BCUT2D eigenvalue weighted by atomic mass is 16.4. The third-order valence-electron chi connectivity index (χ3n) is 4.82. The molecule has 0 aliphatic rings. The molecule has 0 saturated heterocycles. The van der Waals surface area contributed by atoms with E-state index in [2.05, 4.69) is 6.92 Å². The van der Waals surface area contributed by atoms with Gasteiger partial charge in [0.15, 0.2) is 0 Å². The van der Waals surface area contributed by atoms with Crippen LogP contribution in [0.5, 0.6) is 0 Å². The van der Waals surface area contributed by atoms with Crippen LogP contribution in [0.3, 0.4) is 0 Å². The molecule has 0 fully saturated rings. The van der Waals surface area contributed by atoms with Crippen molar-refractivity contribution < 1.29 is 19.8 Å². The van der Waals surface area contributed by atoms with Gasteiger partial charge in [-0.15, -0.1) is 0 Å². The zero-order valence-corrected chi connectivity index (χ0v) is 16.8. The Morgan fingerprint density at radius 1 is 0.769 bits per heavy atom. The van der Waals surface area contributed by atoms with Gasteiger partial charge in [0.1, 0.15) is 0 Å². The van der Waals surface area contributed by atoms with Crippen molar-refractivity contribution in [2.24, 2.45) is 5.92 Å². The third-order valence-corrected chi connectivity index (χ3v) is 4.82. The molecule has 0 aliphatic heterocycles. The summed E-state index contributed by atoms with van der Waals surface area (Å²) in [5.41, 5.74) is 0. The van der Waals surface area contributed by atoms with Crippen molar-refractivity contribution in [2.45, 2.75) is 110 Å². The maximum Gasteiger partial charge on any atom is 0.310 e. The van der Waals surface area contributed by atoms with Crippen LogP contribution < -0.4 is 0 Å². The summed E-state index contributed by atoms with van der Waals surface area (Å²) in [6.07, 6.45) is 20.7. The number of allylic oxidation sites excluding steroid dienone is 1. The highest BCUT2D eigenvalue weighted by molar-refractivity contribution is 5.72. The first-order valence-electron chi connectivity index (χ1n) is 10.7. The molecule has 1 atom stereocenters. The van der Waals surface area contributed by atoms with E-state index in [9.17, 15) is 14.7 Å². The lowest BCUT2D eigenvalue weighted by atomic mass is 9.99. The maximum atomic E-state index is 11.3. The van der Waals surface area contributed by atoms with Gasteiger partial charge >= 0.3 is 11.9 Å². The van der Waals surface area contributed by atoms with Crippen LogP contribution in [0, 0.1) is 5.92 Å². The smallest absolute Gasteiger partial charge is 0.310 e. The van der Waals surface area contributed by atoms with E-state index in [0.29, 0.717) is 6.42 Å². The summed E-state index contributed by atoms with van der Waals surface area (Å²) >= 11 is 0. The number of rotatable bonds is 19. The van der Waals surface area contributed by atoms with Crippen molar-refractivity contribution in [1.29, 1.82) is 0 Å². The molecule has 1 unspecified atom stereocenters. The first-order chi connectivity index (χ1) is 12.6. The van der Waals surface area contributed by atoms with Gasteiger partial charge in [0.2, 0.25) is 0 Å². The summed E-state index contributed by atoms with van der Waals surface area (Å²) in [4.78, 5) is 21.7. The zero-order valence-electron chi connectivity index (χ0n) is 16.8. The standard InChI is InChI=1S/C22H40O4/c1-2-3-4-5-6-7-8-9-11-14-17-20(22(25)26)18-15-12-10-13-16-19-21(23)24/h14,17,20H,2-13,15-16,18-19H2,1H3,(H,23,24)(H,25,26). The molecule has 0 aromatic carbocycles. The second-order valence-electron chi connectivity index (χ2n) is 7.34. The molecule has 0 aliphatic carbocycles. The van der Waals surface area contributed by atoms with E-state index in [4.69, 9.17) is 5.11 Å². The Labute approximate surface area is 160 Å². The first kappa shape index (κ1) is 24.7. The Morgan fingerprint density at radius 3 is 1.88 bits per heavy atom.